The highest BCUT2D eigenvalue weighted by Gasteiger charge is 2.17. The molecule has 0 saturated heterocycles. The van der Waals surface area contributed by atoms with E-state index < -0.39 is 5.82 Å². The second-order valence-electron chi connectivity index (χ2n) is 6.96. The summed E-state index contributed by atoms with van der Waals surface area (Å²) < 4.78 is 31.1. The predicted molar refractivity (Wildman–Crippen MR) is 113 cm³/mol. The van der Waals surface area contributed by atoms with Gasteiger partial charge in [0.05, 0.1) is 30.9 Å². The summed E-state index contributed by atoms with van der Waals surface area (Å²) in [5, 5.41) is 3.19. The van der Waals surface area contributed by atoms with Crippen molar-refractivity contribution in [2.75, 3.05) is 13.2 Å². The molecule has 2 aromatic carbocycles. The minimum Gasteiger partial charge on any atom is -0.489 e. The van der Waals surface area contributed by atoms with Gasteiger partial charge in [0.1, 0.15) is 5.75 Å². The summed E-state index contributed by atoms with van der Waals surface area (Å²) in [6.45, 7) is 1.25. The van der Waals surface area contributed by atoms with E-state index in [2.05, 4.69) is 10.3 Å². The summed E-state index contributed by atoms with van der Waals surface area (Å²) >= 11 is 6.27. The smallest absolute Gasteiger partial charge is 0.224 e. The van der Waals surface area contributed by atoms with Crippen molar-refractivity contribution in [1.82, 2.24) is 10.3 Å². The van der Waals surface area contributed by atoms with Gasteiger partial charge in [-0.3, -0.25) is 9.78 Å². The number of halogens is 2. The second kappa shape index (κ2) is 9.66. The molecule has 8 heteroatoms. The molecule has 1 aliphatic rings. The van der Waals surface area contributed by atoms with E-state index in [0.29, 0.717) is 46.6 Å². The van der Waals surface area contributed by atoms with Gasteiger partial charge in [0.25, 0.3) is 0 Å². The van der Waals surface area contributed by atoms with Crippen LogP contribution >= 0.6 is 11.6 Å². The molecule has 6 nitrogen and oxygen atoms in total. The lowest BCUT2D eigenvalue weighted by molar-refractivity contribution is -0.120. The van der Waals surface area contributed by atoms with Crippen molar-refractivity contribution in [2.45, 2.75) is 19.4 Å². The molecule has 0 unspecified atom stereocenters. The zero-order valence-electron chi connectivity index (χ0n) is 16.6. The molecule has 0 atom stereocenters. The van der Waals surface area contributed by atoms with E-state index in [9.17, 15) is 9.18 Å². The maximum atomic E-state index is 14.3. The average molecular weight is 443 g/mol. The standard InChI is InChI=1S/C23H20ClFN2O4/c24-18-9-16(11-21-23(18)30-8-2-7-29-21)12-22(28)27-13-15-4-5-20(19(25)10-15)31-17-3-1-6-26-14-17/h1,3-6,9-11,14H,2,7-8,12-13H2,(H,27,28). The van der Waals surface area contributed by atoms with Gasteiger partial charge in [0.15, 0.2) is 23.1 Å². The fraction of sp³-hybridized carbons (Fsp3) is 0.217. The van der Waals surface area contributed by atoms with E-state index >= 15 is 0 Å². The first kappa shape index (κ1) is 20.9. The fourth-order valence-electron chi connectivity index (χ4n) is 3.11. The van der Waals surface area contributed by atoms with E-state index in [0.717, 1.165) is 6.42 Å². The molecule has 0 aliphatic carbocycles. The first-order valence-electron chi connectivity index (χ1n) is 9.79. The van der Waals surface area contributed by atoms with Crippen molar-refractivity contribution in [1.29, 1.82) is 0 Å². The summed E-state index contributed by atoms with van der Waals surface area (Å²) in [5.74, 6) is 0.833. The van der Waals surface area contributed by atoms with E-state index in [1.54, 1.807) is 36.5 Å². The van der Waals surface area contributed by atoms with E-state index in [-0.39, 0.29) is 24.6 Å². The Kier molecular flexibility index (Phi) is 6.52. The Morgan fingerprint density at radius 1 is 1.16 bits per heavy atom. The Morgan fingerprint density at radius 2 is 2.03 bits per heavy atom. The number of pyridine rings is 1. The summed E-state index contributed by atoms with van der Waals surface area (Å²) in [4.78, 5) is 16.3. The molecule has 3 aromatic rings. The molecule has 1 amide bonds. The number of carbonyl (C=O) groups is 1. The Hall–Kier alpha value is -3.32. The van der Waals surface area contributed by atoms with Crippen molar-refractivity contribution in [3.05, 3.63) is 76.8 Å². The van der Waals surface area contributed by atoms with Crippen molar-refractivity contribution < 1.29 is 23.4 Å². The van der Waals surface area contributed by atoms with Gasteiger partial charge < -0.3 is 19.5 Å². The lowest BCUT2D eigenvalue weighted by Crippen LogP contribution is -2.24. The Labute approximate surface area is 183 Å². The average Bonchev–Trinajstić information content (AvgIpc) is 3.01. The van der Waals surface area contributed by atoms with Crippen molar-refractivity contribution in [3.8, 4) is 23.0 Å². The van der Waals surface area contributed by atoms with Crippen LogP contribution < -0.4 is 19.5 Å². The van der Waals surface area contributed by atoms with Crippen LogP contribution in [0.5, 0.6) is 23.0 Å². The minimum atomic E-state index is -0.523. The number of fused-ring (bicyclic) bond motifs is 1. The van der Waals surface area contributed by atoms with Crippen LogP contribution in [0.1, 0.15) is 17.5 Å². The lowest BCUT2D eigenvalue weighted by Gasteiger charge is -2.12. The predicted octanol–water partition coefficient (Wildman–Crippen LogP) is 4.69. The Morgan fingerprint density at radius 3 is 2.84 bits per heavy atom. The second-order valence-corrected chi connectivity index (χ2v) is 7.37. The molecule has 1 aliphatic heterocycles. The van der Waals surface area contributed by atoms with Crippen LogP contribution in [0.15, 0.2) is 54.9 Å². The molecular weight excluding hydrogens is 423 g/mol. The van der Waals surface area contributed by atoms with Crippen LogP contribution in [0.25, 0.3) is 0 Å². The molecule has 160 valence electrons. The summed E-state index contributed by atoms with van der Waals surface area (Å²) in [6.07, 6.45) is 3.99. The zero-order valence-corrected chi connectivity index (χ0v) is 17.3. The molecule has 0 bridgehead atoms. The minimum absolute atomic E-state index is 0.0879. The molecule has 31 heavy (non-hydrogen) atoms. The Balaban J connectivity index is 1.35. The molecule has 1 aromatic heterocycles. The van der Waals surface area contributed by atoms with Gasteiger partial charge in [-0.15, -0.1) is 0 Å². The number of nitrogens with zero attached hydrogens (tertiary/aromatic N) is 1. The SMILES string of the molecule is O=C(Cc1cc(Cl)c2c(c1)OCCCO2)NCc1ccc(Oc2cccnc2)c(F)c1. The first-order valence-corrected chi connectivity index (χ1v) is 10.2. The van der Waals surface area contributed by atoms with E-state index in [4.69, 9.17) is 25.8 Å². The maximum absolute atomic E-state index is 14.3. The highest BCUT2D eigenvalue weighted by atomic mass is 35.5. The third-order valence-corrected chi connectivity index (χ3v) is 4.86. The van der Waals surface area contributed by atoms with E-state index in [1.807, 2.05) is 0 Å². The van der Waals surface area contributed by atoms with Crippen LogP contribution in [0.3, 0.4) is 0 Å². The third kappa shape index (κ3) is 5.44. The maximum Gasteiger partial charge on any atom is 0.224 e. The number of benzene rings is 2. The quantitative estimate of drug-likeness (QED) is 0.600. The molecule has 0 radical (unpaired) electrons. The van der Waals surface area contributed by atoms with Crippen molar-refractivity contribution in [2.24, 2.45) is 0 Å². The molecule has 0 fully saturated rings. The highest BCUT2D eigenvalue weighted by molar-refractivity contribution is 6.32. The number of rotatable bonds is 6. The summed E-state index contributed by atoms with van der Waals surface area (Å²) in [7, 11) is 0. The van der Waals surface area contributed by atoms with Crippen LogP contribution in [-0.2, 0) is 17.8 Å². The summed E-state index contributed by atoms with van der Waals surface area (Å²) in [5.41, 5.74) is 1.32. The molecule has 0 spiro atoms. The number of nitrogens with one attached hydrogen (secondary N) is 1. The van der Waals surface area contributed by atoms with Gasteiger partial charge in [-0.1, -0.05) is 17.7 Å². The number of carbonyl (C=O) groups excluding carboxylic acids is 1. The van der Waals surface area contributed by atoms with Gasteiger partial charge >= 0.3 is 0 Å². The van der Waals surface area contributed by atoms with Gasteiger partial charge in [0.2, 0.25) is 5.91 Å². The topological polar surface area (TPSA) is 69.7 Å². The largest absolute Gasteiger partial charge is 0.489 e. The van der Waals surface area contributed by atoms with Gasteiger partial charge in [-0.05, 0) is 47.5 Å². The molecule has 0 saturated carbocycles. The van der Waals surface area contributed by atoms with Crippen molar-refractivity contribution >= 4 is 17.5 Å². The van der Waals surface area contributed by atoms with Crippen molar-refractivity contribution in [3.63, 3.8) is 0 Å². The van der Waals surface area contributed by atoms with Crippen LogP contribution in [0.4, 0.5) is 4.39 Å². The number of hydrogen-bond donors (Lipinski definition) is 1. The first-order chi connectivity index (χ1) is 15.1. The monoisotopic (exact) mass is 442 g/mol. The van der Waals surface area contributed by atoms with Gasteiger partial charge in [0, 0.05) is 19.2 Å². The number of hydrogen-bond acceptors (Lipinski definition) is 5. The fourth-order valence-corrected chi connectivity index (χ4v) is 3.39. The molecule has 4 rings (SSSR count). The third-order valence-electron chi connectivity index (χ3n) is 4.57. The lowest BCUT2D eigenvalue weighted by atomic mass is 10.1. The van der Waals surface area contributed by atoms with Crippen LogP contribution in [-0.4, -0.2) is 24.1 Å². The van der Waals surface area contributed by atoms with Crippen LogP contribution in [0.2, 0.25) is 5.02 Å². The summed E-state index contributed by atoms with van der Waals surface area (Å²) in [6, 6.07) is 11.4. The van der Waals surface area contributed by atoms with Gasteiger partial charge in [-0.2, -0.15) is 0 Å². The van der Waals surface area contributed by atoms with E-state index in [1.165, 1.54) is 18.3 Å². The molecule has 2 heterocycles. The Bertz CT molecular complexity index is 1080. The highest BCUT2D eigenvalue weighted by Crippen LogP contribution is 2.38. The molecular formula is C23H20ClFN2O4. The zero-order chi connectivity index (χ0) is 21.6. The van der Waals surface area contributed by atoms with Crippen LogP contribution in [0, 0.1) is 5.82 Å². The molecule has 1 N–H and O–H groups in total. The normalized spacial score (nSPS) is 12.7. The number of amides is 1. The number of aromatic nitrogens is 1. The van der Waals surface area contributed by atoms with Gasteiger partial charge in [-0.25, -0.2) is 4.39 Å². The number of ether oxygens (including phenoxy) is 3.